The second-order valence-corrected chi connectivity index (χ2v) is 7.41. The zero-order chi connectivity index (χ0) is 17.1. The average molecular weight is 344 g/mol. The van der Waals surface area contributed by atoms with E-state index in [9.17, 15) is 4.79 Å². The molecule has 1 atom stereocenters. The second-order valence-electron chi connectivity index (χ2n) is 7.41. The molecule has 25 heavy (non-hydrogen) atoms. The fraction of sp³-hybridized carbons (Fsp3) is 0.684. The Morgan fingerprint density at radius 3 is 2.64 bits per heavy atom. The van der Waals surface area contributed by atoms with Crippen LogP contribution in [0.3, 0.4) is 0 Å². The number of likely N-dealkylation sites (tertiary alicyclic amines) is 1. The van der Waals surface area contributed by atoms with Crippen LogP contribution in [0.25, 0.3) is 0 Å². The highest BCUT2D eigenvalue weighted by Crippen LogP contribution is 2.25. The summed E-state index contributed by atoms with van der Waals surface area (Å²) in [5.74, 6) is 0.768. The average Bonchev–Trinajstić information content (AvgIpc) is 3.35. The summed E-state index contributed by atoms with van der Waals surface area (Å²) in [4.78, 5) is 21.8. The van der Waals surface area contributed by atoms with Crippen LogP contribution in [0.4, 0.5) is 11.5 Å². The van der Waals surface area contributed by atoms with Gasteiger partial charge >= 0.3 is 0 Å². The summed E-state index contributed by atoms with van der Waals surface area (Å²) in [7, 11) is 0. The largest absolute Gasteiger partial charge is 0.381 e. The molecule has 0 aliphatic carbocycles. The number of aromatic nitrogens is 1. The summed E-state index contributed by atoms with van der Waals surface area (Å²) in [6.07, 6.45) is 7.43. The van der Waals surface area contributed by atoms with Crippen molar-refractivity contribution in [3.8, 4) is 0 Å². The Hall–Kier alpha value is -1.66. The normalized spacial score (nSPS) is 25.4. The number of anilines is 2. The second kappa shape index (κ2) is 7.70. The van der Waals surface area contributed by atoms with Crippen LogP contribution in [0.1, 0.15) is 32.1 Å². The Labute approximate surface area is 149 Å². The van der Waals surface area contributed by atoms with Gasteiger partial charge in [-0.05, 0) is 57.3 Å². The minimum Gasteiger partial charge on any atom is -0.381 e. The van der Waals surface area contributed by atoms with Gasteiger partial charge in [-0.1, -0.05) is 0 Å². The summed E-state index contributed by atoms with van der Waals surface area (Å²) in [6.45, 7) is 6.06. The summed E-state index contributed by atoms with van der Waals surface area (Å²) < 4.78 is 5.31. The van der Waals surface area contributed by atoms with E-state index in [1.165, 1.54) is 32.4 Å². The lowest BCUT2D eigenvalue weighted by Gasteiger charge is -2.24. The maximum atomic E-state index is 12.3. The Balaban J connectivity index is 1.31. The van der Waals surface area contributed by atoms with Gasteiger partial charge in [-0.25, -0.2) is 4.98 Å². The monoisotopic (exact) mass is 344 g/mol. The van der Waals surface area contributed by atoms with Gasteiger partial charge in [0.1, 0.15) is 5.82 Å². The maximum Gasteiger partial charge on any atom is 0.228 e. The fourth-order valence-corrected chi connectivity index (χ4v) is 4.22. The number of pyridine rings is 1. The first kappa shape index (κ1) is 16.8. The minimum absolute atomic E-state index is 0.0510. The third-order valence-corrected chi connectivity index (χ3v) is 5.78. The van der Waals surface area contributed by atoms with Crippen LogP contribution in [0.2, 0.25) is 0 Å². The third kappa shape index (κ3) is 3.96. The van der Waals surface area contributed by atoms with Crippen molar-refractivity contribution < 1.29 is 9.53 Å². The quantitative estimate of drug-likeness (QED) is 0.907. The van der Waals surface area contributed by atoms with Gasteiger partial charge in [0.25, 0.3) is 0 Å². The van der Waals surface area contributed by atoms with Crippen LogP contribution in [0.15, 0.2) is 18.3 Å². The third-order valence-electron chi connectivity index (χ3n) is 5.78. The van der Waals surface area contributed by atoms with Gasteiger partial charge in [0.15, 0.2) is 0 Å². The molecule has 0 aromatic carbocycles. The maximum absolute atomic E-state index is 12.3. The molecule has 1 aromatic heterocycles. The number of hydrogen-bond donors (Lipinski definition) is 1. The number of nitrogens with zero attached hydrogens (tertiary/aromatic N) is 3. The molecule has 3 aliphatic heterocycles. The van der Waals surface area contributed by atoms with Gasteiger partial charge in [-0.2, -0.15) is 0 Å². The topological polar surface area (TPSA) is 57.7 Å². The number of amides is 1. The van der Waals surface area contributed by atoms with Crippen molar-refractivity contribution in [1.82, 2.24) is 9.88 Å². The molecule has 0 saturated carbocycles. The van der Waals surface area contributed by atoms with Gasteiger partial charge in [0, 0.05) is 38.3 Å². The van der Waals surface area contributed by atoms with Gasteiger partial charge < -0.3 is 15.0 Å². The summed E-state index contributed by atoms with van der Waals surface area (Å²) in [5, 5.41) is 2.95. The summed E-state index contributed by atoms with van der Waals surface area (Å²) in [5.41, 5.74) is 1.16. The molecule has 1 unspecified atom stereocenters. The summed E-state index contributed by atoms with van der Waals surface area (Å²) in [6, 6.07) is 4.70. The van der Waals surface area contributed by atoms with E-state index >= 15 is 0 Å². The first-order valence-corrected chi connectivity index (χ1v) is 9.63. The first-order valence-electron chi connectivity index (χ1n) is 9.63. The van der Waals surface area contributed by atoms with E-state index in [1.54, 1.807) is 0 Å². The lowest BCUT2D eigenvalue weighted by molar-refractivity contribution is -0.122. The molecule has 6 heteroatoms. The zero-order valence-corrected chi connectivity index (χ0v) is 14.8. The highest BCUT2D eigenvalue weighted by atomic mass is 16.5. The van der Waals surface area contributed by atoms with Crippen LogP contribution in [0.5, 0.6) is 0 Å². The lowest BCUT2D eigenvalue weighted by atomic mass is 9.99. The Bertz CT molecular complexity index is 580. The zero-order valence-electron chi connectivity index (χ0n) is 14.8. The molecule has 4 heterocycles. The number of nitrogens with one attached hydrogen (secondary N) is 1. The molecule has 136 valence electrons. The molecule has 0 radical (unpaired) electrons. The molecular weight excluding hydrogens is 316 g/mol. The molecule has 3 fully saturated rings. The van der Waals surface area contributed by atoms with E-state index in [0.29, 0.717) is 25.1 Å². The van der Waals surface area contributed by atoms with Crippen LogP contribution >= 0.6 is 0 Å². The van der Waals surface area contributed by atoms with Crippen LogP contribution < -0.4 is 10.2 Å². The number of ether oxygens (including phenoxy) is 1. The molecule has 3 saturated heterocycles. The van der Waals surface area contributed by atoms with E-state index in [1.807, 2.05) is 12.3 Å². The van der Waals surface area contributed by atoms with E-state index in [0.717, 1.165) is 31.6 Å². The highest BCUT2D eigenvalue weighted by Gasteiger charge is 2.29. The van der Waals surface area contributed by atoms with E-state index in [2.05, 4.69) is 26.2 Å². The molecular formula is C19H28N4O2. The highest BCUT2D eigenvalue weighted by molar-refractivity contribution is 5.91. The lowest BCUT2D eigenvalue weighted by Crippen LogP contribution is -2.35. The number of carbonyl (C=O) groups excluding carboxylic acids is 1. The van der Waals surface area contributed by atoms with Gasteiger partial charge in [-0.15, -0.1) is 0 Å². The van der Waals surface area contributed by atoms with Crippen molar-refractivity contribution in [2.45, 2.75) is 38.1 Å². The van der Waals surface area contributed by atoms with Crippen LogP contribution in [0, 0.1) is 5.92 Å². The summed E-state index contributed by atoms with van der Waals surface area (Å²) >= 11 is 0. The predicted octanol–water partition coefficient (Wildman–Crippen LogP) is 2.12. The molecule has 1 amide bonds. The van der Waals surface area contributed by atoms with Gasteiger partial charge in [0.2, 0.25) is 5.91 Å². The minimum atomic E-state index is 0.0510. The van der Waals surface area contributed by atoms with Crippen molar-refractivity contribution in [3.63, 3.8) is 0 Å². The molecule has 0 spiro atoms. The molecule has 6 nitrogen and oxygen atoms in total. The molecule has 0 bridgehead atoms. The molecule has 1 aromatic rings. The Morgan fingerprint density at radius 2 is 1.92 bits per heavy atom. The molecule has 3 aliphatic rings. The van der Waals surface area contributed by atoms with Crippen molar-refractivity contribution >= 4 is 17.4 Å². The smallest absolute Gasteiger partial charge is 0.228 e. The number of hydrogen-bond acceptors (Lipinski definition) is 5. The van der Waals surface area contributed by atoms with Gasteiger partial charge in [-0.3, -0.25) is 9.69 Å². The predicted molar refractivity (Wildman–Crippen MR) is 97.8 cm³/mol. The Kier molecular flexibility index (Phi) is 5.17. The van der Waals surface area contributed by atoms with Crippen molar-refractivity contribution in [1.29, 1.82) is 0 Å². The van der Waals surface area contributed by atoms with Crippen molar-refractivity contribution in [2.24, 2.45) is 5.92 Å². The first-order chi connectivity index (χ1) is 12.3. The van der Waals surface area contributed by atoms with E-state index in [4.69, 9.17) is 4.74 Å². The van der Waals surface area contributed by atoms with Crippen LogP contribution in [-0.4, -0.2) is 61.2 Å². The van der Waals surface area contributed by atoms with Crippen molar-refractivity contribution in [2.75, 3.05) is 49.6 Å². The fourth-order valence-electron chi connectivity index (χ4n) is 4.22. The standard InChI is InChI=1S/C19H28N4O2/c24-19(15-6-11-25-12-7-15)21-18-4-3-16(13-20-18)23-10-5-17(14-23)22-8-1-2-9-22/h3-4,13,15,17H,1-2,5-12,14H2,(H,20,21,24). The Morgan fingerprint density at radius 1 is 1.12 bits per heavy atom. The van der Waals surface area contributed by atoms with Gasteiger partial charge in [0.05, 0.1) is 11.9 Å². The molecule has 1 N–H and O–H groups in total. The SMILES string of the molecule is O=C(Nc1ccc(N2CCC(N3CCCC3)C2)cn1)C1CCOCC1. The number of rotatable bonds is 4. The van der Waals surface area contributed by atoms with Crippen molar-refractivity contribution in [3.05, 3.63) is 18.3 Å². The van der Waals surface area contributed by atoms with Crippen LogP contribution in [-0.2, 0) is 9.53 Å². The van der Waals surface area contributed by atoms with E-state index in [-0.39, 0.29) is 11.8 Å². The van der Waals surface area contributed by atoms with E-state index < -0.39 is 0 Å². The molecule has 4 rings (SSSR count). The number of carbonyl (C=O) groups is 1.